The van der Waals surface area contributed by atoms with E-state index >= 15 is 0 Å². The molecule has 1 aromatic rings. The van der Waals surface area contributed by atoms with Gasteiger partial charge in [0.15, 0.2) is 6.04 Å². The van der Waals surface area contributed by atoms with E-state index in [0.29, 0.717) is 44.6 Å². The highest BCUT2D eigenvalue weighted by Crippen LogP contribution is 2.19. The number of quaternary nitrogens is 1. The van der Waals surface area contributed by atoms with Crippen LogP contribution in [-0.2, 0) is 20.9 Å². The standard InChI is InChI=1S/C21H31N3O4/c1-5-28-21(27)18-10-12-24(13-11-18)20(26)15(2)23(4)14-16-6-8-17(9-7-16)19(25)22-3/h6-9,15,18H,5,10-14H2,1-4H3,(H,22,25)/p+1/t15-/m0/s1. The lowest BCUT2D eigenvalue weighted by molar-refractivity contribution is -0.908. The molecule has 154 valence electrons. The third kappa shape index (κ3) is 5.55. The van der Waals surface area contributed by atoms with Crippen LogP contribution in [0.5, 0.6) is 0 Å². The number of hydrogen-bond acceptors (Lipinski definition) is 4. The number of amides is 2. The van der Waals surface area contributed by atoms with Crippen LogP contribution in [0.15, 0.2) is 24.3 Å². The van der Waals surface area contributed by atoms with Gasteiger partial charge in [-0.15, -0.1) is 0 Å². The number of rotatable bonds is 7. The average Bonchev–Trinajstić information content (AvgIpc) is 2.72. The lowest BCUT2D eigenvalue weighted by Crippen LogP contribution is -3.12. The molecule has 2 rings (SSSR count). The second-order valence-electron chi connectivity index (χ2n) is 7.37. The molecule has 2 amide bonds. The minimum atomic E-state index is -0.183. The predicted molar refractivity (Wildman–Crippen MR) is 106 cm³/mol. The minimum Gasteiger partial charge on any atom is -0.466 e. The van der Waals surface area contributed by atoms with E-state index in [9.17, 15) is 14.4 Å². The highest BCUT2D eigenvalue weighted by atomic mass is 16.5. The van der Waals surface area contributed by atoms with E-state index in [4.69, 9.17) is 4.74 Å². The largest absolute Gasteiger partial charge is 0.466 e. The Balaban J connectivity index is 1.87. The minimum absolute atomic E-state index is 0.0942. The number of carbonyl (C=O) groups excluding carboxylic acids is 3. The number of likely N-dealkylation sites (tertiary alicyclic amines) is 1. The molecule has 1 unspecified atom stereocenters. The topological polar surface area (TPSA) is 80.2 Å². The van der Waals surface area contributed by atoms with Crippen LogP contribution < -0.4 is 10.2 Å². The summed E-state index contributed by atoms with van der Waals surface area (Å²) < 4.78 is 5.09. The number of benzene rings is 1. The Morgan fingerprint density at radius 2 is 1.82 bits per heavy atom. The van der Waals surface area contributed by atoms with Crippen LogP contribution >= 0.6 is 0 Å². The zero-order valence-electron chi connectivity index (χ0n) is 17.3. The van der Waals surface area contributed by atoms with Gasteiger partial charge in [0.05, 0.1) is 19.6 Å². The number of hydrogen-bond donors (Lipinski definition) is 2. The van der Waals surface area contributed by atoms with Gasteiger partial charge in [-0.2, -0.15) is 0 Å². The van der Waals surface area contributed by atoms with E-state index in [2.05, 4.69) is 5.32 Å². The van der Waals surface area contributed by atoms with Crippen molar-refractivity contribution >= 4 is 17.8 Å². The molecule has 0 spiro atoms. The molecule has 0 saturated carbocycles. The van der Waals surface area contributed by atoms with Gasteiger partial charge in [0.25, 0.3) is 11.8 Å². The summed E-state index contributed by atoms with van der Waals surface area (Å²) in [6.45, 7) is 6.03. The normalized spacial score (nSPS) is 16.9. The first-order valence-electron chi connectivity index (χ1n) is 9.96. The first-order chi connectivity index (χ1) is 13.4. The zero-order valence-corrected chi connectivity index (χ0v) is 17.3. The monoisotopic (exact) mass is 390 g/mol. The van der Waals surface area contributed by atoms with Gasteiger partial charge in [0, 0.05) is 31.3 Å². The maximum absolute atomic E-state index is 12.9. The highest BCUT2D eigenvalue weighted by molar-refractivity contribution is 5.93. The van der Waals surface area contributed by atoms with E-state index in [0.717, 1.165) is 10.5 Å². The van der Waals surface area contributed by atoms with Crippen LogP contribution in [0.25, 0.3) is 0 Å². The lowest BCUT2D eigenvalue weighted by atomic mass is 9.96. The van der Waals surface area contributed by atoms with Crippen molar-refractivity contribution in [1.29, 1.82) is 0 Å². The Hall–Kier alpha value is -2.41. The summed E-state index contributed by atoms with van der Waals surface area (Å²) in [6, 6.07) is 7.27. The predicted octanol–water partition coefficient (Wildman–Crippen LogP) is 0.251. The molecule has 7 nitrogen and oxygen atoms in total. The second-order valence-corrected chi connectivity index (χ2v) is 7.37. The summed E-state index contributed by atoms with van der Waals surface area (Å²) >= 11 is 0. The van der Waals surface area contributed by atoms with Crippen molar-refractivity contribution in [3.8, 4) is 0 Å². The van der Waals surface area contributed by atoms with Crippen LogP contribution in [0.4, 0.5) is 0 Å². The van der Waals surface area contributed by atoms with Crippen LogP contribution in [0.2, 0.25) is 0 Å². The third-order valence-electron chi connectivity index (χ3n) is 5.46. The molecule has 1 heterocycles. The SMILES string of the molecule is CCOC(=O)C1CCN(C(=O)[C@H](C)[NH+](C)Cc2ccc(C(=O)NC)cc2)CC1. The Bertz CT molecular complexity index is 681. The van der Waals surface area contributed by atoms with E-state index in [1.807, 2.05) is 37.9 Å². The van der Waals surface area contributed by atoms with E-state index in [-0.39, 0.29) is 29.7 Å². The quantitative estimate of drug-likeness (QED) is 0.654. The van der Waals surface area contributed by atoms with Gasteiger partial charge in [-0.25, -0.2) is 0 Å². The van der Waals surface area contributed by atoms with Crippen LogP contribution in [0.3, 0.4) is 0 Å². The van der Waals surface area contributed by atoms with Gasteiger partial charge in [-0.05, 0) is 38.8 Å². The number of nitrogens with one attached hydrogen (secondary N) is 2. The summed E-state index contributed by atoms with van der Waals surface area (Å²) in [7, 11) is 3.61. The maximum Gasteiger partial charge on any atom is 0.309 e. The molecule has 0 radical (unpaired) electrons. The molecule has 2 N–H and O–H groups in total. The van der Waals surface area contributed by atoms with Gasteiger partial charge in [-0.3, -0.25) is 14.4 Å². The van der Waals surface area contributed by atoms with E-state index in [1.165, 1.54) is 0 Å². The molecule has 0 bridgehead atoms. The summed E-state index contributed by atoms with van der Waals surface area (Å²) in [5.41, 5.74) is 1.70. The molecule has 1 aliphatic heterocycles. The molecular weight excluding hydrogens is 358 g/mol. The fourth-order valence-electron chi connectivity index (χ4n) is 3.47. The maximum atomic E-state index is 12.9. The van der Waals surface area contributed by atoms with Crippen LogP contribution in [0.1, 0.15) is 42.6 Å². The summed E-state index contributed by atoms with van der Waals surface area (Å²) in [6.07, 6.45) is 1.33. The zero-order chi connectivity index (χ0) is 20.7. The molecule has 28 heavy (non-hydrogen) atoms. The number of likely N-dealkylation sites (N-methyl/N-ethyl adjacent to an activating group) is 1. The van der Waals surface area contributed by atoms with E-state index < -0.39 is 0 Å². The first kappa shape index (κ1) is 21.9. The number of esters is 1. The van der Waals surface area contributed by atoms with Crippen molar-refractivity contribution < 1.29 is 24.0 Å². The first-order valence-corrected chi connectivity index (χ1v) is 9.96. The molecular formula is C21H32N3O4+. The number of carbonyl (C=O) groups is 3. The number of piperidine rings is 1. The Morgan fingerprint density at radius 1 is 1.21 bits per heavy atom. The van der Waals surface area contributed by atoms with Gasteiger partial charge < -0.3 is 19.9 Å². The van der Waals surface area contributed by atoms with Crippen molar-refractivity contribution in [2.75, 3.05) is 33.8 Å². The Kier molecular flexibility index (Phi) is 7.99. The average molecular weight is 391 g/mol. The molecule has 7 heteroatoms. The number of ether oxygens (including phenoxy) is 1. The molecule has 1 fully saturated rings. The van der Waals surface area contributed by atoms with Crippen LogP contribution in [-0.4, -0.2) is 62.5 Å². The summed E-state index contributed by atoms with van der Waals surface area (Å²) in [5, 5.41) is 2.60. The molecule has 1 saturated heterocycles. The van der Waals surface area contributed by atoms with Gasteiger partial charge in [-0.1, -0.05) is 12.1 Å². The van der Waals surface area contributed by atoms with Crippen molar-refractivity contribution in [2.45, 2.75) is 39.3 Å². The van der Waals surface area contributed by atoms with Crippen molar-refractivity contribution in [3.63, 3.8) is 0 Å². The smallest absolute Gasteiger partial charge is 0.309 e. The van der Waals surface area contributed by atoms with Crippen LogP contribution in [0, 0.1) is 5.92 Å². The van der Waals surface area contributed by atoms with Gasteiger partial charge in [0.2, 0.25) is 0 Å². The Labute approximate surface area is 167 Å². The third-order valence-corrected chi connectivity index (χ3v) is 5.46. The fraction of sp³-hybridized carbons (Fsp3) is 0.571. The van der Waals surface area contributed by atoms with E-state index in [1.54, 1.807) is 19.2 Å². The van der Waals surface area contributed by atoms with Crippen molar-refractivity contribution in [1.82, 2.24) is 10.2 Å². The molecule has 1 aromatic carbocycles. The summed E-state index contributed by atoms with van der Waals surface area (Å²) in [5.74, 6) is -0.238. The highest BCUT2D eigenvalue weighted by Gasteiger charge is 2.32. The molecule has 1 aliphatic rings. The second kappa shape index (κ2) is 10.2. The fourth-order valence-corrected chi connectivity index (χ4v) is 3.47. The number of nitrogens with zero attached hydrogens (tertiary/aromatic N) is 1. The molecule has 0 aliphatic carbocycles. The summed E-state index contributed by atoms with van der Waals surface area (Å²) in [4.78, 5) is 39.3. The molecule has 2 atom stereocenters. The Morgan fingerprint density at radius 3 is 2.36 bits per heavy atom. The molecule has 0 aromatic heterocycles. The lowest BCUT2D eigenvalue weighted by Gasteiger charge is -2.33. The van der Waals surface area contributed by atoms with Crippen molar-refractivity contribution in [2.24, 2.45) is 5.92 Å². The van der Waals surface area contributed by atoms with Gasteiger partial charge >= 0.3 is 5.97 Å². The van der Waals surface area contributed by atoms with Gasteiger partial charge in [0.1, 0.15) is 6.54 Å². The van der Waals surface area contributed by atoms with Crippen molar-refractivity contribution in [3.05, 3.63) is 35.4 Å².